The number of carbonyl (C=O) groups is 1. The molecule has 1 amide bonds. The molecule has 1 saturated carbocycles. The first kappa shape index (κ1) is 17.5. The van der Waals surface area contributed by atoms with Gasteiger partial charge in [0.25, 0.3) is 5.91 Å². The summed E-state index contributed by atoms with van der Waals surface area (Å²) in [7, 11) is 1.91. The summed E-state index contributed by atoms with van der Waals surface area (Å²) in [6.07, 6.45) is 5.86. The molecule has 0 atom stereocenters. The molecular weight excluding hydrogens is 356 g/mol. The quantitative estimate of drug-likeness (QED) is 0.670. The predicted octanol–water partition coefficient (Wildman–Crippen LogP) is 4.35. The zero-order chi connectivity index (χ0) is 18.8. The van der Waals surface area contributed by atoms with E-state index in [1.165, 1.54) is 11.1 Å². The minimum absolute atomic E-state index is 0.0595. The maximum absolute atomic E-state index is 12.3. The van der Waals surface area contributed by atoms with E-state index in [9.17, 15) is 4.79 Å². The Morgan fingerprint density at radius 1 is 1.30 bits per heavy atom. The van der Waals surface area contributed by atoms with E-state index in [0.717, 1.165) is 34.9 Å². The highest BCUT2D eigenvalue weighted by atomic mass is 32.1. The van der Waals surface area contributed by atoms with E-state index in [2.05, 4.69) is 41.1 Å². The average Bonchev–Trinajstić information content (AvgIpc) is 3.23. The Morgan fingerprint density at radius 2 is 2.15 bits per heavy atom. The molecule has 0 bridgehead atoms. The first-order valence-electron chi connectivity index (χ1n) is 8.99. The zero-order valence-electron chi connectivity index (χ0n) is 15.5. The fourth-order valence-electron chi connectivity index (χ4n) is 2.93. The van der Waals surface area contributed by atoms with Crippen molar-refractivity contribution in [1.82, 2.24) is 14.9 Å². The van der Waals surface area contributed by atoms with Crippen molar-refractivity contribution in [3.05, 3.63) is 70.5 Å². The van der Waals surface area contributed by atoms with E-state index in [1.807, 2.05) is 36.1 Å². The highest BCUT2D eigenvalue weighted by Gasteiger charge is 2.20. The van der Waals surface area contributed by atoms with E-state index >= 15 is 0 Å². The molecule has 6 heteroatoms. The highest BCUT2D eigenvalue weighted by molar-refractivity contribution is 7.14. The number of hydrogen-bond acceptors (Lipinski definition) is 4. The van der Waals surface area contributed by atoms with Crippen molar-refractivity contribution in [2.45, 2.75) is 19.8 Å². The van der Waals surface area contributed by atoms with Gasteiger partial charge >= 0.3 is 0 Å². The fraction of sp³-hybridized carbons (Fsp3) is 0.238. The van der Waals surface area contributed by atoms with Crippen LogP contribution in [0.1, 0.15) is 28.8 Å². The molecule has 3 aromatic rings. The number of hydrogen-bond donors (Lipinski definition) is 2. The Hall–Kier alpha value is -2.86. The van der Waals surface area contributed by atoms with Crippen molar-refractivity contribution >= 4 is 22.4 Å². The van der Waals surface area contributed by atoms with Crippen LogP contribution in [0.2, 0.25) is 0 Å². The molecule has 2 N–H and O–H groups in total. The van der Waals surface area contributed by atoms with Gasteiger partial charge in [-0.05, 0) is 37.5 Å². The molecule has 2 aromatic heterocycles. The molecule has 0 radical (unpaired) electrons. The summed E-state index contributed by atoms with van der Waals surface area (Å²) in [5, 5.41) is 9.35. The number of amides is 1. The standard InChI is InChI=1S/C21H22N4OS/c1-14-4-3-5-16(10-14)19-13-27-21(24-19)23-18(15-6-7-15)11-22-20(26)17-8-9-25(2)12-17/h3-5,8-10,12-13H,6-7,11H2,1-2H3,(H,22,26)(H,23,24). The molecule has 2 heterocycles. The summed E-state index contributed by atoms with van der Waals surface area (Å²) in [5.41, 5.74) is 6.41. The smallest absolute Gasteiger partial charge is 0.253 e. The zero-order valence-corrected chi connectivity index (χ0v) is 16.3. The summed E-state index contributed by atoms with van der Waals surface area (Å²) in [4.78, 5) is 17.0. The highest BCUT2D eigenvalue weighted by Crippen LogP contribution is 2.33. The van der Waals surface area contributed by atoms with E-state index in [4.69, 9.17) is 4.98 Å². The van der Waals surface area contributed by atoms with Gasteiger partial charge in [-0.15, -0.1) is 11.3 Å². The van der Waals surface area contributed by atoms with E-state index in [0.29, 0.717) is 12.1 Å². The van der Waals surface area contributed by atoms with Gasteiger partial charge in [0.1, 0.15) is 0 Å². The number of carbonyl (C=O) groups excluding carboxylic acids is 1. The molecule has 5 nitrogen and oxygen atoms in total. The minimum Gasteiger partial charge on any atom is -0.356 e. The minimum atomic E-state index is -0.0595. The van der Waals surface area contributed by atoms with Gasteiger partial charge < -0.3 is 15.2 Å². The second kappa shape index (κ2) is 7.40. The van der Waals surface area contributed by atoms with Gasteiger partial charge in [-0.1, -0.05) is 23.8 Å². The lowest BCUT2D eigenvalue weighted by atomic mass is 10.1. The van der Waals surface area contributed by atoms with Crippen LogP contribution in [-0.2, 0) is 7.05 Å². The van der Waals surface area contributed by atoms with Crippen molar-refractivity contribution in [2.24, 2.45) is 7.05 Å². The van der Waals surface area contributed by atoms with Crippen LogP contribution in [0, 0.1) is 6.92 Å². The number of allylic oxidation sites excluding steroid dienone is 1. The first-order chi connectivity index (χ1) is 13.1. The molecule has 0 saturated heterocycles. The molecule has 27 heavy (non-hydrogen) atoms. The van der Waals surface area contributed by atoms with Crippen LogP contribution in [0.4, 0.5) is 5.13 Å². The van der Waals surface area contributed by atoms with Gasteiger partial charge in [0.05, 0.1) is 17.8 Å². The Bertz CT molecular complexity index is 1010. The number of nitrogens with one attached hydrogen (secondary N) is 2. The number of aryl methyl sites for hydroxylation is 2. The number of thiazole rings is 1. The molecule has 0 aliphatic heterocycles. The van der Waals surface area contributed by atoms with Crippen molar-refractivity contribution < 1.29 is 4.79 Å². The Labute approximate surface area is 162 Å². The number of benzene rings is 1. The van der Waals surface area contributed by atoms with Crippen LogP contribution in [0.25, 0.3) is 11.3 Å². The van der Waals surface area contributed by atoms with Crippen molar-refractivity contribution in [3.8, 4) is 11.3 Å². The van der Waals surface area contributed by atoms with Gasteiger partial charge in [0, 0.05) is 36.1 Å². The van der Waals surface area contributed by atoms with E-state index < -0.39 is 0 Å². The Kier molecular flexibility index (Phi) is 4.81. The van der Waals surface area contributed by atoms with E-state index in [-0.39, 0.29) is 5.91 Å². The maximum Gasteiger partial charge on any atom is 0.253 e. The summed E-state index contributed by atoms with van der Waals surface area (Å²) < 4.78 is 1.87. The summed E-state index contributed by atoms with van der Waals surface area (Å²) >= 11 is 1.59. The van der Waals surface area contributed by atoms with Gasteiger partial charge in [-0.2, -0.15) is 0 Å². The molecule has 0 spiro atoms. The number of aromatic nitrogens is 2. The molecule has 1 fully saturated rings. The fourth-order valence-corrected chi connectivity index (χ4v) is 3.67. The van der Waals surface area contributed by atoms with Gasteiger partial charge in [-0.25, -0.2) is 4.98 Å². The lowest BCUT2D eigenvalue weighted by Crippen LogP contribution is -2.27. The molecule has 4 rings (SSSR count). The van der Waals surface area contributed by atoms with Crippen LogP contribution >= 0.6 is 11.3 Å². The van der Waals surface area contributed by atoms with E-state index in [1.54, 1.807) is 11.3 Å². The molecular formula is C21H22N4OS. The first-order valence-corrected chi connectivity index (χ1v) is 9.87. The van der Waals surface area contributed by atoms with Crippen LogP contribution < -0.4 is 10.6 Å². The summed E-state index contributed by atoms with van der Waals surface area (Å²) in [6, 6.07) is 10.2. The van der Waals surface area contributed by atoms with Crippen molar-refractivity contribution in [2.75, 3.05) is 11.9 Å². The number of nitrogens with zero attached hydrogens (tertiary/aromatic N) is 2. The second-order valence-electron chi connectivity index (χ2n) is 6.86. The topological polar surface area (TPSA) is 58.9 Å². The third-order valence-electron chi connectivity index (χ3n) is 4.52. The molecule has 138 valence electrons. The number of anilines is 1. The van der Waals surface area contributed by atoms with Crippen LogP contribution in [0.15, 0.2) is 59.4 Å². The normalized spacial score (nSPS) is 12.7. The Balaban J connectivity index is 1.43. The largest absolute Gasteiger partial charge is 0.356 e. The third-order valence-corrected chi connectivity index (χ3v) is 5.28. The summed E-state index contributed by atoms with van der Waals surface area (Å²) in [5.74, 6) is -0.0595. The molecule has 1 aliphatic carbocycles. The van der Waals surface area contributed by atoms with Gasteiger partial charge in [0.15, 0.2) is 5.13 Å². The second-order valence-corrected chi connectivity index (χ2v) is 7.72. The Morgan fingerprint density at radius 3 is 2.85 bits per heavy atom. The predicted molar refractivity (Wildman–Crippen MR) is 110 cm³/mol. The lowest BCUT2D eigenvalue weighted by Gasteiger charge is -2.10. The van der Waals surface area contributed by atoms with Crippen LogP contribution in [0.3, 0.4) is 0 Å². The maximum atomic E-state index is 12.3. The SMILES string of the molecule is Cc1cccc(-c2csc(NC(CNC(=O)c3ccn(C)c3)=C3CC3)n2)c1. The van der Waals surface area contributed by atoms with Crippen molar-refractivity contribution in [3.63, 3.8) is 0 Å². The van der Waals surface area contributed by atoms with Crippen LogP contribution in [0.5, 0.6) is 0 Å². The van der Waals surface area contributed by atoms with Gasteiger partial charge in [0.2, 0.25) is 0 Å². The molecule has 1 aliphatic rings. The molecule has 0 unspecified atom stereocenters. The number of rotatable bonds is 6. The van der Waals surface area contributed by atoms with Crippen molar-refractivity contribution in [1.29, 1.82) is 0 Å². The average molecular weight is 379 g/mol. The lowest BCUT2D eigenvalue weighted by molar-refractivity contribution is 0.0957. The van der Waals surface area contributed by atoms with Gasteiger partial charge in [-0.3, -0.25) is 4.79 Å². The summed E-state index contributed by atoms with van der Waals surface area (Å²) in [6.45, 7) is 2.57. The molecule has 1 aromatic carbocycles. The third kappa shape index (κ3) is 4.28. The van der Waals surface area contributed by atoms with Crippen LogP contribution in [-0.4, -0.2) is 22.0 Å². The monoisotopic (exact) mass is 378 g/mol.